The second-order valence-electron chi connectivity index (χ2n) is 6.20. The number of hydrogen-bond donors (Lipinski definition) is 2. The van der Waals surface area contributed by atoms with Gasteiger partial charge < -0.3 is 15.6 Å². The molecule has 0 aromatic heterocycles. The van der Waals surface area contributed by atoms with E-state index in [4.69, 9.17) is 10.5 Å². The second-order valence-corrected chi connectivity index (χ2v) is 6.20. The van der Waals surface area contributed by atoms with E-state index in [1.165, 1.54) is 0 Å². The fourth-order valence-electron chi connectivity index (χ4n) is 2.86. The Kier molecular flexibility index (Phi) is 2.37. The van der Waals surface area contributed by atoms with Crippen molar-refractivity contribution in [2.45, 2.75) is 63.7 Å². The summed E-state index contributed by atoms with van der Waals surface area (Å²) in [6.45, 7) is 5.49. The molecule has 0 bridgehead atoms. The molecule has 16 heavy (non-hydrogen) atoms. The average molecular weight is 227 g/mol. The van der Waals surface area contributed by atoms with Gasteiger partial charge in [0.15, 0.2) is 0 Å². The van der Waals surface area contributed by atoms with Crippen molar-refractivity contribution in [2.75, 3.05) is 0 Å². The zero-order valence-electron chi connectivity index (χ0n) is 10.2. The van der Waals surface area contributed by atoms with Gasteiger partial charge in [0.05, 0.1) is 6.10 Å². The van der Waals surface area contributed by atoms with E-state index < -0.39 is 22.7 Å². The Bertz CT molecular complexity index is 317. The first-order valence-electron chi connectivity index (χ1n) is 5.92. The lowest BCUT2D eigenvalue weighted by Crippen LogP contribution is -2.78. The lowest BCUT2D eigenvalue weighted by molar-refractivity contribution is -0.216. The molecule has 2 fully saturated rings. The van der Waals surface area contributed by atoms with E-state index in [9.17, 15) is 9.90 Å². The molecule has 4 heteroatoms. The van der Waals surface area contributed by atoms with Crippen molar-refractivity contribution >= 4 is 5.97 Å². The first-order valence-corrected chi connectivity index (χ1v) is 5.92. The molecule has 2 aliphatic rings. The predicted octanol–water partition coefficient (Wildman–Crippen LogP) is 0.960. The van der Waals surface area contributed by atoms with E-state index >= 15 is 0 Å². The van der Waals surface area contributed by atoms with Crippen molar-refractivity contribution in [3.8, 4) is 0 Å². The molecule has 4 nitrogen and oxygen atoms in total. The van der Waals surface area contributed by atoms with Gasteiger partial charge in [-0.05, 0) is 33.6 Å². The summed E-state index contributed by atoms with van der Waals surface area (Å²) >= 11 is 0. The molecule has 0 aromatic rings. The minimum absolute atomic E-state index is 0.335. The predicted molar refractivity (Wildman–Crippen MR) is 59.7 cm³/mol. The molecule has 3 N–H and O–H groups in total. The Morgan fingerprint density at radius 3 is 2.31 bits per heavy atom. The van der Waals surface area contributed by atoms with Gasteiger partial charge in [-0.3, -0.25) is 4.79 Å². The van der Waals surface area contributed by atoms with Crippen LogP contribution in [0.15, 0.2) is 0 Å². The summed E-state index contributed by atoms with van der Waals surface area (Å²) < 4.78 is 5.35. The number of rotatable bonds is 1. The van der Waals surface area contributed by atoms with Crippen LogP contribution in [0.5, 0.6) is 0 Å². The molecule has 1 spiro atoms. The first-order chi connectivity index (χ1) is 7.21. The van der Waals surface area contributed by atoms with Crippen LogP contribution in [0.25, 0.3) is 0 Å². The van der Waals surface area contributed by atoms with Gasteiger partial charge in [0.1, 0.15) is 11.1 Å². The molecule has 0 radical (unpaired) electrons. The van der Waals surface area contributed by atoms with E-state index in [0.717, 1.165) is 19.3 Å². The normalized spacial score (nSPS) is 36.4. The molecular formula is C12H21NO3. The third-order valence-corrected chi connectivity index (χ3v) is 4.05. The Morgan fingerprint density at radius 1 is 1.44 bits per heavy atom. The van der Waals surface area contributed by atoms with E-state index in [0.29, 0.717) is 6.42 Å². The molecule has 2 aliphatic carbocycles. The summed E-state index contributed by atoms with van der Waals surface area (Å²) in [5.41, 5.74) is 4.28. The van der Waals surface area contributed by atoms with Crippen LogP contribution >= 0.6 is 0 Å². The number of carbonyl (C=O) groups excluding carboxylic acids is 1. The molecule has 0 heterocycles. The molecule has 0 saturated heterocycles. The van der Waals surface area contributed by atoms with Crippen molar-refractivity contribution in [2.24, 2.45) is 11.1 Å². The largest absolute Gasteiger partial charge is 0.459 e. The summed E-state index contributed by atoms with van der Waals surface area (Å²) in [5.74, 6) is -0.356. The van der Waals surface area contributed by atoms with Gasteiger partial charge in [-0.1, -0.05) is 6.42 Å². The van der Waals surface area contributed by atoms with Crippen molar-refractivity contribution < 1.29 is 14.6 Å². The summed E-state index contributed by atoms with van der Waals surface area (Å²) in [7, 11) is 0. The molecule has 2 atom stereocenters. The van der Waals surface area contributed by atoms with Crippen molar-refractivity contribution in [1.29, 1.82) is 0 Å². The standard InChI is InChI=1S/C12H21NO3/c1-10(2,3)16-9(15)12(13)7-8(14)11(12)5-4-6-11/h8,14H,4-7,13H2,1-3H3/t8-,12+/m1/s1. The van der Waals surface area contributed by atoms with Crippen LogP contribution in [-0.4, -0.2) is 28.3 Å². The smallest absolute Gasteiger partial charge is 0.327 e. The molecular weight excluding hydrogens is 206 g/mol. The van der Waals surface area contributed by atoms with Crippen LogP contribution in [0.4, 0.5) is 0 Å². The Morgan fingerprint density at radius 2 is 2.00 bits per heavy atom. The van der Waals surface area contributed by atoms with Gasteiger partial charge in [0.25, 0.3) is 0 Å². The lowest BCUT2D eigenvalue weighted by Gasteiger charge is -2.64. The number of carbonyl (C=O) groups is 1. The number of nitrogens with two attached hydrogens (primary N) is 1. The maximum Gasteiger partial charge on any atom is 0.327 e. The zero-order valence-corrected chi connectivity index (χ0v) is 10.2. The number of aliphatic hydroxyl groups is 1. The minimum Gasteiger partial charge on any atom is -0.459 e. The van der Waals surface area contributed by atoms with Crippen LogP contribution in [0.3, 0.4) is 0 Å². The summed E-state index contributed by atoms with van der Waals surface area (Å²) in [4.78, 5) is 12.1. The number of hydrogen-bond acceptors (Lipinski definition) is 4. The average Bonchev–Trinajstić information content (AvgIpc) is 1.96. The Balaban J connectivity index is 2.12. The highest BCUT2D eigenvalue weighted by atomic mass is 16.6. The molecule has 92 valence electrons. The van der Waals surface area contributed by atoms with Gasteiger partial charge >= 0.3 is 5.97 Å². The van der Waals surface area contributed by atoms with E-state index in [1.807, 2.05) is 20.8 Å². The third-order valence-electron chi connectivity index (χ3n) is 4.05. The highest BCUT2D eigenvalue weighted by Gasteiger charge is 2.70. The van der Waals surface area contributed by atoms with Crippen LogP contribution in [0.2, 0.25) is 0 Å². The summed E-state index contributed by atoms with van der Waals surface area (Å²) in [6.07, 6.45) is 2.62. The molecule has 0 aliphatic heterocycles. The molecule has 0 aromatic carbocycles. The van der Waals surface area contributed by atoms with E-state index in [1.54, 1.807) is 0 Å². The second kappa shape index (κ2) is 3.20. The van der Waals surface area contributed by atoms with Gasteiger partial charge in [0.2, 0.25) is 0 Å². The van der Waals surface area contributed by atoms with Gasteiger partial charge in [-0.25, -0.2) is 0 Å². The van der Waals surface area contributed by atoms with E-state index in [-0.39, 0.29) is 5.97 Å². The van der Waals surface area contributed by atoms with Crippen molar-refractivity contribution in [3.05, 3.63) is 0 Å². The molecule has 0 amide bonds. The van der Waals surface area contributed by atoms with Crippen LogP contribution < -0.4 is 5.73 Å². The van der Waals surface area contributed by atoms with Crippen LogP contribution in [0, 0.1) is 5.41 Å². The highest BCUT2D eigenvalue weighted by molar-refractivity contribution is 5.84. The van der Waals surface area contributed by atoms with E-state index in [2.05, 4.69) is 0 Å². The van der Waals surface area contributed by atoms with Crippen LogP contribution in [-0.2, 0) is 9.53 Å². The minimum atomic E-state index is -0.960. The summed E-state index contributed by atoms with van der Waals surface area (Å²) in [6, 6.07) is 0. The van der Waals surface area contributed by atoms with Gasteiger partial charge in [-0.15, -0.1) is 0 Å². The zero-order chi connectivity index (χ0) is 12.2. The third kappa shape index (κ3) is 1.39. The maximum absolute atomic E-state index is 12.1. The number of ether oxygens (including phenoxy) is 1. The highest BCUT2D eigenvalue weighted by Crippen LogP contribution is 2.61. The lowest BCUT2D eigenvalue weighted by atomic mass is 9.44. The molecule has 0 unspecified atom stereocenters. The topological polar surface area (TPSA) is 72.5 Å². The Labute approximate surface area is 96.2 Å². The molecule has 2 rings (SSSR count). The fourth-order valence-corrected chi connectivity index (χ4v) is 2.86. The van der Waals surface area contributed by atoms with Gasteiger partial charge in [0, 0.05) is 11.8 Å². The SMILES string of the molecule is CC(C)(C)OC(=O)[C@@]1(N)C[C@@H](O)C12CCC2. The monoisotopic (exact) mass is 227 g/mol. The fraction of sp³-hybridized carbons (Fsp3) is 0.917. The van der Waals surface area contributed by atoms with Crippen molar-refractivity contribution in [3.63, 3.8) is 0 Å². The Hall–Kier alpha value is -0.610. The summed E-state index contributed by atoms with van der Waals surface area (Å²) in [5, 5.41) is 9.81. The van der Waals surface area contributed by atoms with Crippen LogP contribution in [0.1, 0.15) is 46.5 Å². The molecule has 2 saturated carbocycles. The quantitative estimate of drug-likeness (QED) is 0.654. The number of esters is 1. The van der Waals surface area contributed by atoms with Crippen molar-refractivity contribution in [1.82, 2.24) is 0 Å². The van der Waals surface area contributed by atoms with Gasteiger partial charge in [-0.2, -0.15) is 0 Å². The maximum atomic E-state index is 12.1. The number of aliphatic hydroxyl groups excluding tert-OH is 1. The first kappa shape index (κ1) is 11.9.